The molecule has 1 heterocycles. The fourth-order valence-corrected chi connectivity index (χ4v) is 4.08. The zero-order valence-corrected chi connectivity index (χ0v) is 22.3. The van der Waals surface area contributed by atoms with Gasteiger partial charge in [0.05, 0.1) is 0 Å². The molecule has 5 rings (SSSR count). The largest absolute Gasteiger partial charge is 0.631 e. The van der Waals surface area contributed by atoms with Crippen LogP contribution in [0.5, 0.6) is 0 Å². The summed E-state index contributed by atoms with van der Waals surface area (Å²) in [7, 11) is -2.17. The number of benzene rings is 4. The Hall–Kier alpha value is -3.56. The molecule has 0 spiro atoms. The zero-order valence-electron chi connectivity index (χ0n) is 20.2. The fraction of sp³-hybridized carbons (Fsp3) is 0. The highest BCUT2D eigenvalue weighted by molar-refractivity contribution is 14.1. The Bertz CT molecular complexity index is 1170. The van der Waals surface area contributed by atoms with Gasteiger partial charge in [-0.2, -0.15) is 0 Å². The predicted molar refractivity (Wildman–Crippen MR) is 159 cm³/mol. The first-order chi connectivity index (χ1) is 18.1. The highest BCUT2D eigenvalue weighted by Gasteiger charge is 2.15. The Morgan fingerprint density at radius 1 is 0.432 bits per heavy atom. The third kappa shape index (κ3) is 9.44. The van der Waals surface area contributed by atoms with Gasteiger partial charge in [-0.1, -0.05) is 127 Å². The molecule has 0 bridgehead atoms. The summed E-state index contributed by atoms with van der Waals surface area (Å²) in [5.41, 5.74) is 7.40. The van der Waals surface area contributed by atoms with E-state index in [1.807, 2.05) is 33.4 Å². The molecule has 0 amide bonds. The topological polar surface area (TPSA) is 64.6 Å². The van der Waals surface area contributed by atoms with Crippen LogP contribution in [0.2, 0.25) is 0 Å². The molecule has 37 heavy (non-hydrogen) atoms. The molecule has 1 aromatic heterocycles. The first-order valence-corrected chi connectivity index (χ1v) is 12.7. The highest BCUT2D eigenvalue weighted by Crippen LogP contribution is 2.36. The van der Waals surface area contributed by atoms with Crippen molar-refractivity contribution in [2.75, 3.05) is 0 Å². The number of halogens is 1. The molecule has 0 unspecified atom stereocenters. The number of pyridine rings is 1. The van der Waals surface area contributed by atoms with Crippen molar-refractivity contribution >= 4 is 41.3 Å². The lowest BCUT2D eigenvalue weighted by Gasteiger charge is -2.18. The minimum atomic E-state index is -2.17. The van der Waals surface area contributed by atoms with Gasteiger partial charge in [0.25, 0.3) is 0 Å². The summed E-state index contributed by atoms with van der Waals surface area (Å²) >= 11 is 2.20. The Morgan fingerprint density at radius 2 is 0.649 bits per heavy atom. The van der Waals surface area contributed by atoms with Gasteiger partial charge in [0.1, 0.15) is 0 Å². The summed E-state index contributed by atoms with van der Waals surface area (Å²) in [6, 6.07) is 48.6. The lowest BCUT2D eigenvalue weighted by Crippen LogP contribution is -2.14. The van der Waals surface area contributed by atoms with Crippen LogP contribution in [0.4, 0.5) is 0 Å². The standard InChI is InChI=1S/C26H20.C5H5IN.BH3O3/c1-5-13-21(14-6-1)25(22-15-7-2-8-16-22)26(23-17-9-3-10-18-23)24-19-11-4-12-20-24;6-7-4-2-1-3-5-7;2-1(3)4/h1-20H;1-5H;2-4H/q;+1;. The molecule has 0 radical (unpaired) electrons. The van der Waals surface area contributed by atoms with Crippen LogP contribution in [0.3, 0.4) is 0 Å². The van der Waals surface area contributed by atoms with Gasteiger partial charge in [-0.15, -0.1) is 2.78 Å². The van der Waals surface area contributed by atoms with Gasteiger partial charge in [-0.05, 0) is 33.4 Å². The van der Waals surface area contributed by atoms with E-state index < -0.39 is 7.32 Å². The summed E-state index contributed by atoms with van der Waals surface area (Å²) in [4.78, 5) is 0. The van der Waals surface area contributed by atoms with Crippen LogP contribution in [-0.4, -0.2) is 22.4 Å². The van der Waals surface area contributed by atoms with E-state index in [-0.39, 0.29) is 0 Å². The van der Waals surface area contributed by atoms with Crippen molar-refractivity contribution in [2.24, 2.45) is 0 Å². The van der Waals surface area contributed by atoms with E-state index in [1.54, 1.807) is 0 Å². The predicted octanol–water partition coefficient (Wildman–Crippen LogP) is 5.81. The van der Waals surface area contributed by atoms with E-state index in [9.17, 15) is 0 Å². The van der Waals surface area contributed by atoms with E-state index in [4.69, 9.17) is 15.1 Å². The Kier molecular flexibility index (Phi) is 11.8. The summed E-state index contributed by atoms with van der Waals surface area (Å²) in [6.45, 7) is 0. The SMILES string of the molecule is I[n+]1ccccc1.OB(O)O.c1ccc(C(=C(c2ccccc2)c2ccccc2)c2ccccc2)cc1. The van der Waals surface area contributed by atoms with E-state index in [0.717, 1.165) is 0 Å². The summed E-state index contributed by atoms with van der Waals surface area (Å²) < 4.78 is 1.97. The second-order valence-corrected chi connectivity index (χ2v) is 8.89. The molecule has 3 N–H and O–H groups in total. The summed E-state index contributed by atoms with van der Waals surface area (Å²) in [5, 5.41) is 21.5. The maximum atomic E-state index is 7.17. The van der Waals surface area contributed by atoms with Gasteiger partial charge in [0.2, 0.25) is 0 Å². The molecule has 0 aliphatic heterocycles. The number of hydrogen-bond acceptors (Lipinski definition) is 3. The van der Waals surface area contributed by atoms with E-state index >= 15 is 0 Å². The molecule has 184 valence electrons. The second-order valence-electron chi connectivity index (χ2n) is 7.78. The van der Waals surface area contributed by atoms with E-state index in [0.29, 0.717) is 0 Å². The molecular weight excluding hydrogens is 572 g/mol. The maximum Gasteiger partial charge on any atom is 0.631 e. The molecule has 0 saturated heterocycles. The third-order valence-electron chi connectivity index (χ3n) is 5.18. The third-order valence-corrected chi connectivity index (χ3v) is 5.82. The van der Waals surface area contributed by atoms with Crippen LogP contribution >= 0.6 is 22.9 Å². The van der Waals surface area contributed by atoms with Crippen LogP contribution in [0.15, 0.2) is 152 Å². The minimum Gasteiger partial charge on any atom is -0.402 e. The number of aromatic nitrogens is 1. The fourth-order valence-electron chi connectivity index (χ4n) is 3.71. The van der Waals surface area contributed by atoms with Gasteiger partial charge in [-0.25, -0.2) is 0 Å². The molecule has 4 aromatic carbocycles. The number of rotatable bonds is 4. The molecule has 0 aliphatic carbocycles. The average Bonchev–Trinajstić information content (AvgIpc) is 2.94. The van der Waals surface area contributed by atoms with Crippen molar-refractivity contribution in [3.8, 4) is 0 Å². The van der Waals surface area contributed by atoms with Crippen LogP contribution in [0, 0.1) is 0 Å². The van der Waals surface area contributed by atoms with Gasteiger partial charge in [0.15, 0.2) is 12.4 Å². The molecule has 4 nitrogen and oxygen atoms in total. The summed E-state index contributed by atoms with van der Waals surface area (Å²) in [5.74, 6) is 0. The van der Waals surface area contributed by atoms with E-state index in [1.165, 1.54) is 33.4 Å². The highest BCUT2D eigenvalue weighted by atomic mass is 127. The van der Waals surface area contributed by atoms with Crippen molar-refractivity contribution in [2.45, 2.75) is 0 Å². The second kappa shape index (κ2) is 15.5. The molecule has 0 saturated carbocycles. The molecule has 6 heteroatoms. The van der Waals surface area contributed by atoms with Crippen molar-refractivity contribution in [3.63, 3.8) is 0 Å². The Labute approximate surface area is 232 Å². The lowest BCUT2D eigenvalue weighted by molar-refractivity contribution is -0.440. The van der Waals surface area contributed by atoms with Crippen molar-refractivity contribution < 1.29 is 17.9 Å². The number of nitrogens with zero attached hydrogens (tertiary/aromatic N) is 1. The molecule has 0 fully saturated rings. The van der Waals surface area contributed by atoms with Gasteiger partial charge >= 0.3 is 30.2 Å². The van der Waals surface area contributed by atoms with Crippen molar-refractivity contribution in [1.82, 2.24) is 0 Å². The van der Waals surface area contributed by atoms with Gasteiger partial charge in [-0.3, -0.25) is 0 Å². The van der Waals surface area contributed by atoms with E-state index in [2.05, 4.69) is 144 Å². The molecule has 0 aliphatic rings. The molecule has 0 atom stereocenters. The molecule has 5 aromatic rings. The van der Waals surface area contributed by atoms with Gasteiger partial charge < -0.3 is 15.1 Å². The van der Waals surface area contributed by atoms with Crippen molar-refractivity contribution in [3.05, 3.63) is 174 Å². The van der Waals surface area contributed by atoms with Crippen LogP contribution in [-0.2, 0) is 0 Å². The lowest BCUT2D eigenvalue weighted by atomic mass is 9.86. The summed E-state index contributed by atoms with van der Waals surface area (Å²) in [6.07, 6.45) is 3.97. The van der Waals surface area contributed by atoms with Crippen LogP contribution < -0.4 is 2.78 Å². The van der Waals surface area contributed by atoms with Crippen LogP contribution in [0.25, 0.3) is 11.1 Å². The first kappa shape index (κ1) is 28.0. The Morgan fingerprint density at radius 3 is 0.838 bits per heavy atom. The first-order valence-electron chi connectivity index (χ1n) is 11.7. The zero-order chi connectivity index (χ0) is 26.3. The Balaban J connectivity index is 0.000000289. The molecular formula is C31H28BINO3+. The monoisotopic (exact) mass is 600 g/mol. The average molecular weight is 600 g/mol. The minimum absolute atomic E-state index is 1.22. The quantitative estimate of drug-likeness (QED) is 0.139. The smallest absolute Gasteiger partial charge is 0.402 e. The number of hydrogen-bond donors (Lipinski definition) is 3. The van der Waals surface area contributed by atoms with Crippen LogP contribution in [0.1, 0.15) is 22.3 Å². The van der Waals surface area contributed by atoms with Gasteiger partial charge in [0, 0.05) is 12.1 Å². The normalized spacial score (nSPS) is 9.62. The maximum absolute atomic E-state index is 7.17. The van der Waals surface area contributed by atoms with Crippen molar-refractivity contribution in [1.29, 1.82) is 0 Å².